The zero-order chi connectivity index (χ0) is 10.7. The maximum absolute atomic E-state index is 8.94. The molecule has 0 radical (unpaired) electrons. The van der Waals surface area contributed by atoms with Crippen LogP contribution in [0, 0.1) is 0 Å². The third kappa shape index (κ3) is 2.66. The maximum atomic E-state index is 8.94. The number of hydrogen-bond donors (Lipinski definition) is 1. The van der Waals surface area contributed by atoms with Gasteiger partial charge in [-0.15, -0.1) is 11.3 Å². The molecule has 0 aliphatic carbocycles. The quantitative estimate of drug-likeness (QED) is 0.857. The number of aliphatic hydroxyl groups excluding tert-OH is 1. The van der Waals surface area contributed by atoms with Crippen molar-refractivity contribution in [1.29, 1.82) is 0 Å². The van der Waals surface area contributed by atoms with Gasteiger partial charge < -0.3 is 5.11 Å². The van der Waals surface area contributed by atoms with Crippen molar-refractivity contribution in [3.05, 3.63) is 28.5 Å². The smallest absolute Gasteiger partial charge is 0.194 e. The first kappa shape index (κ1) is 10.8. The van der Waals surface area contributed by atoms with Crippen molar-refractivity contribution in [1.82, 2.24) is 15.0 Å². The Morgan fingerprint density at radius 3 is 2.73 bits per heavy atom. The van der Waals surface area contributed by atoms with E-state index < -0.39 is 0 Å². The van der Waals surface area contributed by atoms with E-state index in [4.69, 9.17) is 16.7 Å². The summed E-state index contributed by atoms with van der Waals surface area (Å²) in [7, 11) is 0. The van der Waals surface area contributed by atoms with Crippen LogP contribution in [0.1, 0.15) is 4.88 Å². The van der Waals surface area contributed by atoms with Gasteiger partial charge in [0.25, 0.3) is 0 Å². The van der Waals surface area contributed by atoms with Crippen LogP contribution in [0.2, 0.25) is 5.15 Å². The first-order valence-electron chi connectivity index (χ1n) is 4.00. The lowest BCUT2D eigenvalue weighted by Crippen LogP contribution is -1.81. The van der Waals surface area contributed by atoms with E-state index in [1.807, 2.05) is 0 Å². The van der Waals surface area contributed by atoms with Crippen LogP contribution in [0.3, 0.4) is 0 Å². The van der Waals surface area contributed by atoms with Crippen LogP contribution in [0.4, 0.5) is 0 Å². The van der Waals surface area contributed by atoms with E-state index >= 15 is 0 Å². The Morgan fingerprint density at radius 1 is 1.40 bits per heavy atom. The van der Waals surface area contributed by atoms with Crippen LogP contribution in [-0.2, 0) is 6.61 Å². The summed E-state index contributed by atoms with van der Waals surface area (Å²) in [6, 6.07) is 1.75. The molecule has 2 rings (SSSR count). The van der Waals surface area contributed by atoms with Gasteiger partial charge in [0.15, 0.2) is 9.50 Å². The van der Waals surface area contributed by atoms with Gasteiger partial charge in [-0.05, 0) is 17.8 Å². The molecule has 4 nitrogen and oxygen atoms in total. The van der Waals surface area contributed by atoms with Crippen molar-refractivity contribution in [2.24, 2.45) is 0 Å². The highest BCUT2D eigenvalue weighted by atomic mass is 35.5. The summed E-state index contributed by atoms with van der Waals surface area (Å²) in [6.07, 6.45) is 3.33. The summed E-state index contributed by atoms with van der Waals surface area (Å²) in [5.74, 6) is 0. The second kappa shape index (κ2) is 4.89. The Morgan fingerprint density at radius 2 is 2.13 bits per heavy atom. The van der Waals surface area contributed by atoms with Gasteiger partial charge in [0.05, 0.1) is 11.5 Å². The number of halogens is 1. The van der Waals surface area contributed by atoms with E-state index in [-0.39, 0.29) is 6.61 Å². The minimum absolute atomic E-state index is 0.0906. The van der Waals surface area contributed by atoms with Crippen LogP contribution in [-0.4, -0.2) is 20.1 Å². The van der Waals surface area contributed by atoms with Gasteiger partial charge in [0.2, 0.25) is 0 Å². The van der Waals surface area contributed by atoms with Crippen LogP contribution in [0.15, 0.2) is 28.0 Å². The topological polar surface area (TPSA) is 58.9 Å². The van der Waals surface area contributed by atoms with E-state index in [2.05, 4.69) is 15.0 Å². The average Bonchev–Trinajstić information content (AvgIpc) is 2.60. The fraction of sp³-hybridized carbons (Fsp3) is 0.125. The molecule has 2 heterocycles. The van der Waals surface area contributed by atoms with Crippen molar-refractivity contribution in [2.75, 3.05) is 0 Å². The number of hydrogen-bond acceptors (Lipinski definition) is 6. The molecule has 0 aliphatic rings. The first-order valence-corrected chi connectivity index (χ1v) is 6.01. The fourth-order valence-electron chi connectivity index (χ4n) is 0.870. The number of aliphatic hydroxyl groups is 1. The van der Waals surface area contributed by atoms with Crippen molar-refractivity contribution >= 4 is 34.7 Å². The summed E-state index contributed by atoms with van der Waals surface area (Å²) in [5, 5.41) is 9.91. The predicted octanol–water partition coefficient (Wildman–Crippen LogP) is 2.23. The molecule has 0 saturated carbocycles. The predicted molar refractivity (Wildman–Crippen MR) is 59.2 cm³/mol. The number of nitrogens with zero attached hydrogens (tertiary/aromatic N) is 3. The van der Waals surface area contributed by atoms with Crippen LogP contribution in [0.5, 0.6) is 0 Å². The standard InChI is InChI=1S/C8H6ClN3OS2/c9-6-5(4-13)14-8(12-6)15-7-10-2-1-3-11-7/h1-3,13H,4H2. The molecule has 15 heavy (non-hydrogen) atoms. The molecule has 0 spiro atoms. The molecule has 1 N–H and O–H groups in total. The third-order valence-electron chi connectivity index (χ3n) is 1.49. The first-order chi connectivity index (χ1) is 7.29. The number of rotatable bonds is 3. The van der Waals surface area contributed by atoms with E-state index in [0.717, 1.165) is 4.34 Å². The zero-order valence-corrected chi connectivity index (χ0v) is 9.81. The summed E-state index contributed by atoms with van der Waals surface area (Å²) in [4.78, 5) is 12.8. The Labute approximate surface area is 99.4 Å². The van der Waals surface area contributed by atoms with Crippen molar-refractivity contribution in [2.45, 2.75) is 16.1 Å². The molecule has 0 aliphatic heterocycles. The molecule has 78 valence electrons. The zero-order valence-electron chi connectivity index (χ0n) is 7.42. The SMILES string of the molecule is OCc1sc(Sc2ncccn2)nc1Cl. The van der Waals surface area contributed by atoms with Crippen molar-refractivity contribution in [3.8, 4) is 0 Å². The van der Waals surface area contributed by atoms with E-state index in [0.29, 0.717) is 15.2 Å². The molecule has 0 atom stereocenters. The van der Waals surface area contributed by atoms with E-state index in [9.17, 15) is 0 Å². The monoisotopic (exact) mass is 259 g/mol. The highest BCUT2D eigenvalue weighted by Crippen LogP contribution is 2.32. The van der Waals surface area contributed by atoms with Gasteiger partial charge in [0, 0.05) is 12.4 Å². The Balaban J connectivity index is 2.18. The molecule has 7 heteroatoms. The van der Waals surface area contributed by atoms with Crippen LogP contribution >= 0.6 is 34.7 Å². The van der Waals surface area contributed by atoms with Gasteiger partial charge >= 0.3 is 0 Å². The molecule has 0 fully saturated rings. The van der Waals surface area contributed by atoms with Gasteiger partial charge in [0.1, 0.15) is 5.15 Å². The lowest BCUT2D eigenvalue weighted by Gasteiger charge is -1.92. The van der Waals surface area contributed by atoms with Crippen LogP contribution in [0.25, 0.3) is 0 Å². The second-order valence-corrected chi connectivity index (χ2v) is 5.14. The highest BCUT2D eigenvalue weighted by Gasteiger charge is 2.10. The Hall–Kier alpha value is -0.690. The molecule has 2 aromatic heterocycles. The Bertz CT molecular complexity index is 448. The summed E-state index contributed by atoms with van der Waals surface area (Å²) in [6.45, 7) is -0.0906. The molecular formula is C8H6ClN3OS2. The molecule has 0 bridgehead atoms. The van der Waals surface area contributed by atoms with Crippen molar-refractivity contribution in [3.63, 3.8) is 0 Å². The normalized spacial score (nSPS) is 10.5. The lowest BCUT2D eigenvalue weighted by atomic mass is 10.6. The van der Waals surface area contributed by atoms with Gasteiger partial charge in [-0.25, -0.2) is 15.0 Å². The highest BCUT2D eigenvalue weighted by molar-refractivity contribution is 8.00. The molecular weight excluding hydrogens is 254 g/mol. The number of thiazole rings is 1. The number of aromatic nitrogens is 3. The van der Waals surface area contributed by atoms with E-state index in [1.54, 1.807) is 18.5 Å². The van der Waals surface area contributed by atoms with Gasteiger partial charge in [-0.3, -0.25) is 0 Å². The minimum Gasteiger partial charge on any atom is -0.391 e. The molecule has 0 unspecified atom stereocenters. The lowest BCUT2D eigenvalue weighted by molar-refractivity contribution is 0.285. The Kier molecular flexibility index (Phi) is 3.53. The molecule has 2 aromatic rings. The summed E-state index contributed by atoms with van der Waals surface area (Å²) >= 11 is 8.47. The van der Waals surface area contributed by atoms with E-state index in [1.165, 1.54) is 23.1 Å². The van der Waals surface area contributed by atoms with Gasteiger partial charge in [-0.1, -0.05) is 11.6 Å². The minimum atomic E-state index is -0.0906. The summed E-state index contributed by atoms with van der Waals surface area (Å²) < 4.78 is 0.732. The molecule has 0 saturated heterocycles. The largest absolute Gasteiger partial charge is 0.391 e. The van der Waals surface area contributed by atoms with Crippen molar-refractivity contribution < 1.29 is 5.11 Å². The molecule has 0 amide bonds. The average molecular weight is 260 g/mol. The third-order valence-corrected chi connectivity index (χ3v) is 3.91. The fourth-order valence-corrected chi connectivity index (χ4v) is 2.98. The second-order valence-electron chi connectivity index (χ2n) is 2.49. The van der Waals surface area contributed by atoms with Gasteiger partial charge in [-0.2, -0.15) is 0 Å². The maximum Gasteiger partial charge on any atom is 0.194 e. The summed E-state index contributed by atoms with van der Waals surface area (Å²) in [5.41, 5.74) is 0. The molecule has 0 aromatic carbocycles. The van der Waals surface area contributed by atoms with Crippen LogP contribution < -0.4 is 0 Å².